The lowest BCUT2D eigenvalue weighted by molar-refractivity contribution is -0.00156. The molecule has 3 heterocycles. The molecule has 1 aliphatic rings. The number of anilines is 1. The highest BCUT2D eigenvalue weighted by Gasteiger charge is 2.36. The van der Waals surface area contributed by atoms with Gasteiger partial charge in [0.25, 0.3) is 0 Å². The quantitative estimate of drug-likeness (QED) is 0.789. The van der Waals surface area contributed by atoms with Crippen LogP contribution in [-0.4, -0.2) is 23.1 Å². The number of halogens is 3. The number of aromatic nitrogens is 2. The number of aromatic amines is 1. The van der Waals surface area contributed by atoms with Gasteiger partial charge in [0.05, 0.1) is 16.2 Å². The molecule has 0 spiro atoms. The number of nitrogens with two attached hydrogens (primary N) is 1. The monoisotopic (exact) mass is 367 g/mol. The molecule has 0 amide bonds. The average molecular weight is 368 g/mol. The Hall–Kier alpha value is -1.91. The number of nitriles is 1. The summed E-state index contributed by atoms with van der Waals surface area (Å²) in [7, 11) is 0. The maximum Gasteiger partial charge on any atom is 0.345 e. The van der Waals surface area contributed by atoms with E-state index in [2.05, 4.69) is 23.8 Å². The van der Waals surface area contributed by atoms with E-state index >= 15 is 0 Å². The Labute approximate surface area is 149 Å². The van der Waals surface area contributed by atoms with E-state index in [9.17, 15) is 14.0 Å². The lowest BCUT2D eigenvalue weighted by atomic mass is 9.88. The maximum absolute atomic E-state index is 13.9. The van der Waals surface area contributed by atoms with Gasteiger partial charge in [-0.3, -0.25) is 5.73 Å². The minimum absolute atomic E-state index is 0.195. The molecular formula is C17H20ClF2N5. The number of nitrogens with zero attached hydrogens (tertiary/aromatic N) is 3. The van der Waals surface area contributed by atoms with Gasteiger partial charge in [0.2, 0.25) is 0 Å². The van der Waals surface area contributed by atoms with E-state index < -0.39 is 11.7 Å². The second-order valence-electron chi connectivity index (χ2n) is 6.90. The van der Waals surface area contributed by atoms with Crippen LogP contribution in [0.15, 0.2) is 0 Å². The van der Waals surface area contributed by atoms with Crippen molar-refractivity contribution < 1.29 is 8.78 Å². The van der Waals surface area contributed by atoms with Crippen LogP contribution >= 0.6 is 11.6 Å². The Morgan fingerprint density at radius 3 is 2.64 bits per heavy atom. The summed E-state index contributed by atoms with van der Waals surface area (Å²) in [4.78, 5) is 9.01. The number of aryl methyl sites for hydroxylation is 1. The third kappa shape index (κ3) is 2.94. The maximum atomic E-state index is 13.9. The largest absolute Gasteiger partial charge is 0.368 e. The van der Waals surface area contributed by atoms with E-state index in [1.54, 1.807) is 6.92 Å². The summed E-state index contributed by atoms with van der Waals surface area (Å²) >= 11 is 6.24. The molecular weight excluding hydrogens is 348 g/mol. The fourth-order valence-corrected chi connectivity index (χ4v) is 3.58. The Morgan fingerprint density at radius 1 is 1.40 bits per heavy atom. The summed E-state index contributed by atoms with van der Waals surface area (Å²) in [6.45, 7) is 7.36. The fourth-order valence-electron chi connectivity index (χ4n) is 3.40. The van der Waals surface area contributed by atoms with Gasteiger partial charge in [0, 0.05) is 18.8 Å². The van der Waals surface area contributed by atoms with E-state index in [0.717, 1.165) is 6.42 Å². The van der Waals surface area contributed by atoms with Gasteiger partial charge in [-0.25, -0.2) is 4.98 Å². The fraction of sp³-hybridized carbons (Fsp3) is 0.529. The standard InChI is InChI=1S/C17H20ClF2N5/c1-8-4-5-25(7-9(8)2)15-11(6-21)16(17(19,20)22)24-13-12(18)10(3)23-14(13)15/h8-9,23H,4-5,7,22H2,1-3H3. The average Bonchev–Trinajstić information content (AvgIpc) is 2.82. The van der Waals surface area contributed by atoms with Gasteiger partial charge < -0.3 is 9.88 Å². The summed E-state index contributed by atoms with van der Waals surface area (Å²) in [6, 6.07) is -1.84. The van der Waals surface area contributed by atoms with Crippen LogP contribution in [0.5, 0.6) is 0 Å². The Morgan fingerprint density at radius 2 is 2.08 bits per heavy atom. The molecule has 0 aromatic carbocycles. The predicted octanol–water partition coefficient (Wildman–Crippen LogP) is 3.89. The van der Waals surface area contributed by atoms with Crippen LogP contribution in [0.1, 0.15) is 37.2 Å². The molecule has 134 valence electrons. The summed E-state index contributed by atoms with van der Waals surface area (Å²) in [5.41, 5.74) is 5.85. The molecule has 8 heteroatoms. The van der Waals surface area contributed by atoms with Crippen molar-refractivity contribution in [3.63, 3.8) is 0 Å². The van der Waals surface area contributed by atoms with Gasteiger partial charge in [-0.15, -0.1) is 0 Å². The lowest BCUT2D eigenvalue weighted by Crippen LogP contribution is -2.39. The molecule has 0 bridgehead atoms. The Bertz CT molecular complexity index is 865. The first-order valence-corrected chi connectivity index (χ1v) is 8.56. The number of H-pyrrole nitrogens is 1. The second kappa shape index (κ2) is 6.11. The third-order valence-corrected chi connectivity index (χ3v) is 5.56. The first-order chi connectivity index (χ1) is 11.6. The Balaban J connectivity index is 2.32. The first kappa shape index (κ1) is 17.9. The molecule has 1 fully saturated rings. The van der Waals surface area contributed by atoms with Gasteiger partial charge >= 0.3 is 6.05 Å². The number of alkyl halides is 2. The highest BCUT2D eigenvalue weighted by atomic mass is 35.5. The summed E-state index contributed by atoms with van der Waals surface area (Å²) < 4.78 is 27.9. The topological polar surface area (TPSA) is 81.7 Å². The number of piperidine rings is 1. The minimum atomic E-state index is -3.72. The molecule has 1 aliphatic heterocycles. The van der Waals surface area contributed by atoms with Crippen molar-refractivity contribution in [2.75, 3.05) is 18.0 Å². The number of pyridine rings is 1. The first-order valence-electron chi connectivity index (χ1n) is 8.19. The van der Waals surface area contributed by atoms with E-state index in [-0.39, 0.29) is 16.1 Å². The molecule has 2 atom stereocenters. The zero-order valence-corrected chi connectivity index (χ0v) is 15.1. The van der Waals surface area contributed by atoms with Crippen molar-refractivity contribution in [3.05, 3.63) is 22.0 Å². The van der Waals surface area contributed by atoms with Crippen molar-refractivity contribution in [3.8, 4) is 6.07 Å². The van der Waals surface area contributed by atoms with Gasteiger partial charge in [-0.2, -0.15) is 14.0 Å². The van der Waals surface area contributed by atoms with E-state index in [4.69, 9.17) is 17.3 Å². The van der Waals surface area contributed by atoms with Crippen LogP contribution in [0, 0.1) is 30.1 Å². The molecule has 0 aliphatic carbocycles. The molecule has 2 aromatic heterocycles. The van der Waals surface area contributed by atoms with Gasteiger partial charge in [0.1, 0.15) is 22.8 Å². The molecule has 3 rings (SSSR count). The van der Waals surface area contributed by atoms with Crippen LogP contribution in [0.3, 0.4) is 0 Å². The van der Waals surface area contributed by atoms with Crippen molar-refractivity contribution in [2.45, 2.75) is 33.2 Å². The van der Waals surface area contributed by atoms with Gasteiger partial charge in [0.15, 0.2) is 0 Å². The number of fused-ring (bicyclic) bond motifs is 1. The van der Waals surface area contributed by atoms with E-state index in [1.165, 1.54) is 0 Å². The second-order valence-corrected chi connectivity index (χ2v) is 7.27. The zero-order chi connectivity index (χ0) is 18.5. The molecule has 25 heavy (non-hydrogen) atoms. The highest BCUT2D eigenvalue weighted by Crippen LogP contribution is 2.40. The van der Waals surface area contributed by atoms with Crippen LogP contribution in [0.2, 0.25) is 5.02 Å². The molecule has 3 N–H and O–H groups in total. The van der Waals surface area contributed by atoms with Gasteiger partial charge in [-0.1, -0.05) is 25.4 Å². The smallest absolute Gasteiger partial charge is 0.345 e. The summed E-state index contributed by atoms with van der Waals surface area (Å²) in [6.07, 6.45) is 0.914. The van der Waals surface area contributed by atoms with Gasteiger partial charge in [-0.05, 0) is 25.2 Å². The lowest BCUT2D eigenvalue weighted by Gasteiger charge is -2.37. The molecule has 1 saturated heterocycles. The summed E-state index contributed by atoms with van der Waals surface area (Å²) in [5, 5.41) is 9.86. The molecule has 2 aromatic rings. The van der Waals surface area contributed by atoms with Crippen molar-refractivity contribution in [1.29, 1.82) is 5.26 Å². The van der Waals surface area contributed by atoms with Crippen molar-refractivity contribution >= 4 is 28.3 Å². The third-order valence-electron chi connectivity index (χ3n) is 5.10. The van der Waals surface area contributed by atoms with E-state index in [0.29, 0.717) is 41.8 Å². The minimum Gasteiger partial charge on any atom is -0.368 e. The number of hydrogen-bond donors (Lipinski definition) is 2. The highest BCUT2D eigenvalue weighted by molar-refractivity contribution is 6.36. The Kier molecular flexibility index (Phi) is 4.38. The molecule has 5 nitrogen and oxygen atoms in total. The molecule has 0 radical (unpaired) electrons. The van der Waals surface area contributed by atoms with E-state index in [1.807, 2.05) is 11.0 Å². The van der Waals surface area contributed by atoms with Crippen LogP contribution < -0.4 is 10.6 Å². The molecule has 0 saturated carbocycles. The van der Waals surface area contributed by atoms with Crippen molar-refractivity contribution in [1.82, 2.24) is 9.97 Å². The molecule has 2 unspecified atom stereocenters. The number of rotatable bonds is 2. The number of nitrogens with one attached hydrogen (secondary N) is 1. The zero-order valence-electron chi connectivity index (χ0n) is 14.3. The van der Waals surface area contributed by atoms with Crippen LogP contribution in [0.25, 0.3) is 11.0 Å². The SMILES string of the molecule is Cc1[nH]c2c(N3CCC(C)C(C)C3)c(C#N)c(C(N)(F)F)nc2c1Cl. The van der Waals surface area contributed by atoms with Crippen LogP contribution in [-0.2, 0) is 6.05 Å². The number of hydrogen-bond acceptors (Lipinski definition) is 4. The van der Waals surface area contributed by atoms with Crippen LogP contribution in [0.4, 0.5) is 14.5 Å². The normalized spacial score (nSPS) is 21.6. The van der Waals surface area contributed by atoms with Crippen molar-refractivity contribution in [2.24, 2.45) is 17.6 Å². The predicted molar refractivity (Wildman–Crippen MR) is 93.8 cm³/mol. The summed E-state index contributed by atoms with van der Waals surface area (Å²) in [5.74, 6) is 0.903.